The Labute approximate surface area is 153 Å². The van der Waals surface area contributed by atoms with Crippen LogP contribution >= 0.6 is 11.8 Å². The number of hydrazine groups is 1. The molecule has 1 fully saturated rings. The predicted molar refractivity (Wildman–Crippen MR) is 90.0 cm³/mol. The standard InChI is InChI=1S/C16H17ClF3N5O/c1-2-7-22-13(26)8-23-14-15(9-21,10-25(17)24-14)11-5-3-4-6-12(11)16(18,19)20/h3-6H,2,7-8,10H2,1H3,(H,22,26)(H,23,24). The molecule has 0 saturated carbocycles. The van der Waals surface area contributed by atoms with Crippen LogP contribution in [0, 0.1) is 11.3 Å². The minimum absolute atomic E-state index is 0.0988. The highest BCUT2D eigenvalue weighted by molar-refractivity contribution is 6.16. The van der Waals surface area contributed by atoms with Crippen LogP contribution in [0.15, 0.2) is 29.3 Å². The molecular formula is C16H17ClF3N5O. The highest BCUT2D eigenvalue weighted by atomic mass is 35.5. The molecule has 10 heteroatoms. The van der Waals surface area contributed by atoms with Crippen LogP contribution in [-0.2, 0) is 16.4 Å². The van der Waals surface area contributed by atoms with Crippen LogP contribution in [-0.4, -0.2) is 35.9 Å². The van der Waals surface area contributed by atoms with Gasteiger partial charge in [-0.1, -0.05) is 25.1 Å². The van der Waals surface area contributed by atoms with Gasteiger partial charge in [0, 0.05) is 6.54 Å². The molecule has 140 valence electrons. The zero-order valence-corrected chi connectivity index (χ0v) is 14.7. The van der Waals surface area contributed by atoms with Crippen molar-refractivity contribution >= 4 is 23.5 Å². The first-order chi connectivity index (χ1) is 12.2. The third-order valence-electron chi connectivity index (χ3n) is 3.84. The van der Waals surface area contributed by atoms with Gasteiger partial charge < -0.3 is 5.32 Å². The van der Waals surface area contributed by atoms with E-state index in [1.54, 1.807) is 0 Å². The normalized spacial score (nSPS) is 22.1. The van der Waals surface area contributed by atoms with Gasteiger partial charge in [-0.3, -0.25) is 15.2 Å². The molecule has 0 radical (unpaired) electrons. The van der Waals surface area contributed by atoms with Gasteiger partial charge in [-0.25, -0.2) is 0 Å². The fourth-order valence-electron chi connectivity index (χ4n) is 2.64. The second-order valence-corrected chi connectivity index (χ2v) is 6.12. The lowest BCUT2D eigenvalue weighted by atomic mass is 9.79. The maximum Gasteiger partial charge on any atom is 0.416 e. The number of nitriles is 1. The maximum atomic E-state index is 13.4. The van der Waals surface area contributed by atoms with Crippen molar-refractivity contribution in [2.45, 2.75) is 24.9 Å². The van der Waals surface area contributed by atoms with E-state index in [4.69, 9.17) is 11.8 Å². The quantitative estimate of drug-likeness (QED) is 0.760. The summed E-state index contributed by atoms with van der Waals surface area (Å²) < 4.78 is 41.2. The van der Waals surface area contributed by atoms with Crippen molar-refractivity contribution in [2.24, 2.45) is 4.99 Å². The Hall–Kier alpha value is -2.31. The van der Waals surface area contributed by atoms with Gasteiger partial charge in [-0.05, 0) is 29.8 Å². The third kappa shape index (κ3) is 4.08. The van der Waals surface area contributed by atoms with E-state index in [-0.39, 0.29) is 24.5 Å². The minimum atomic E-state index is -4.65. The van der Waals surface area contributed by atoms with Crippen LogP contribution in [0.2, 0.25) is 0 Å². The fraction of sp³-hybridized carbons (Fsp3) is 0.438. The van der Waals surface area contributed by atoms with Crippen LogP contribution in [0.3, 0.4) is 0 Å². The Kier molecular flexibility index (Phi) is 6.10. The summed E-state index contributed by atoms with van der Waals surface area (Å²) in [6, 6.07) is 6.67. The molecule has 2 N–H and O–H groups in total. The van der Waals surface area contributed by atoms with Gasteiger partial charge >= 0.3 is 6.18 Å². The van der Waals surface area contributed by atoms with E-state index < -0.39 is 23.1 Å². The van der Waals surface area contributed by atoms with Crippen LogP contribution in [0.5, 0.6) is 0 Å². The summed E-state index contributed by atoms with van der Waals surface area (Å²) in [6.45, 7) is 1.75. The highest BCUT2D eigenvalue weighted by Gasteiger charge is 2.50. The second-order valence-electron chi connectivity index (χ2n) is 5.71. The zero-order valence-electron chi connectivity index (χ0n) is 13.9. The topological polar surface area (TPSA) is 80.5 Å². The Morgan fingerprint density at radius 3 is 2.81 bits per heavy atom. The van der Waals surface area contributed by atoms with Crippen molar-refractivity contribution in [3.05, 3.63) is 35.4 Å². The second kappa shape index (κ2) is 7.93. The molecule has 0 bridgehead atoms. The number of amidine groups is 1. The summed E-state index contributed by atoms with van der Waals surface area (Å²) >= 11 is 5.89. The predicted octanol–water partition coefficient (Wildman–Crippen LogP) is 2.37. The molecular weight excluding hydrogens is 371 g/mol. The maximum absolute atomic E-state index is 13.4. The smallest absolute Gasteiger partial charge is 0.355 e. The van der Waals surface area contributed by atoms with E-state index in [1.165, 1.54) is 18.2 Å². The Morgan fingerprint density at radius 1 is 1.50 bits per heavy atom. The fourth-order valence-corrected chi connectivity index (χ4v) is 2.90. The van der Waals surface area contributed by atoms with Gasteiger partial charge in [-0.2, -0.15) is 18.4 Å². The number of amides is 1. The van der Waals surface area contributed by atoms with Crippen molar-refractivity contribution in [3.63, 3.8) is 0 Å². The lowest BCUT2D eigenvalue weighted by molar-refractivity contribution is -0.138. The number of alkyl halides is 3. The van der Waals surface area contributed by atoms with Gasteiger partial charge in [0.15, 0.2) is 5.41 Å². The lowest BCUT2D eigenvalue weighted by Gasteiger charge is -2.24. The Balaban J connectivity index is 2.46. The summed E-state index contributed by atoms with van der Waals surface area (Å²) in [4.78, 5) is 15.8. The number of carbonyl (C=O) groups excluding carboxylic acids is 1. The number of aliphatic imine (C=N–C) groups is 1. The van der Waals surface area contributed by atoms with Crippen molar-refractivity contribution in [1.82, 2.24) is 15.3 Å². The monoisotopic (exact) mass is 387 g/mol. The van der Waals surface area contributed by atoms with Gasteiger partial charge in [0.25, 0.3) is 0 Å². The molecule has 0 aliphatic carbocycles. The summed E-state index contributed by atoms with van der Waals surface area (Å²) in [7, 11) is 0. The highest BCUT2D eigenvalue weighted by Crippen LogP contribution is 2.40. The molecule has 1 aromatic rings. The number of nitrogens with one attached hydrogen (secondary N) is 2. The van der Waals surface area contributed by atoms with Gasteiger partial charge in [0.2, 0.25) is 5.91 Å². The average molecular weight is 388 g/mol. The first kappa shape index (κ1) is 20.0. The van der Waals surface area contributed by atoms with Gasteiger partial charge in [-0.15, -0.1) is 4.53 Å². The molecule has 26 heavy (non-hydrogen) atoms. The summed E-state index contributed by atoms with van der Waals surface area (Å²) in [6.07, 6.45) is -3.92. The number of hydrogen-bond donors (Lipinski definition) is 2. The number of carbonyl (C=O) groups is 1. The SMILES string of the molecule is CCCNC(=O)CN=C1NN(Cl)CC1(C#N)c1ccccc1C(F)(F)F. The van der Waals surface area contributed by atoms with Crippen molar-refractivity contribution in [3.8, 4) is 6.07 Å². The van der Waals surface area contributed by atoms with Crippen LogP contribution in [0.25, 0.3) is 0 Å². The summed E-state index contributed by atoms with van der Waals surface area (Å²) in [5.74, 6) is -0.497. The van der Waals surface area contributed by atoms with Crippen molar-refractivity contribution < 1.29 is 18.0 Å². The molecule has 1 heterocycles. The number of nitrogens with zero attached hydrogens (tertiary/aromatic N) is 3. The Bertz CT molecular complexity index is 746. The van der Waals surface area contributed by atoms with Gasteiger partial charge in [0.1, 0.15) is 12.4 Å². The molecule has 1 saturated heterocycles. The summed E-state index contributed by atoms with van der Waals surface area (Å²) in [5, 5.41) is 12.3. The van der Waals surface area contributed by atoms with E-state index in [0.717, 1.165) is 17.0 Å². The Morgan fingerprint density at radius 2 is 2.19 bits per heavy atom. The molecule has 0 aromatic heterocycles. The zero-order chi connectivity index (χ0) is 19.4. The lowest BCUT2D eigenvalue weighted by Crippen LogP contribution is -2.39. The first-order valence-corrected chi connectivity index (χ1v) is 8.18. The molecule has 1 unspecified atom stereocenters. The third-order valence-corrected chi connectivity index (χ3v) is 4.05. The average Bonchev–Trinajstić information content (AvgIpc) is 2.94. The van der Waals surface area contributed by atoms with Crippen LogP contribution in [0.4, 0.5) is 13.2 Å². The molecule has 0 spiro atoms. The van der Waals surface area contributed by atoms with E-state index in [2.05, 4.69) is 15.7 Å². The van der Waals surface area contributed by atoms with Crippen molar-refractivity contribution in [1.29, 1.82) is 5.26 Å². The number of rotatable bonds is 5. The number of benzene rings is 1. The van der Waals surface area contributed by atoms with E-state index in [0.29, 0.717) is 6.54 Å². The minimum Gasteiger partial charge on any atom is -0.355 e. The largest absolute Gasteiger partial charge is 0.416 e. The number of hydrogen-bond acceptors (Lipinski definition) is 4. The molecule has 1 aliphatic rings. The number of halogens is 4. The molecule has 1 atom stereocenters. The molecule has 2 rings (SSSR count). The molecule has 6 nitrogen and oxygen atoms in total. The molecule has 1 aromatic carbocycles. The van der Waals surface area contributed by atoms with E-state index >= 15 is 0 Å². The summed E-state index contributed by atoms with van der Waals surface area (Å²) in [5.41, 5.74) is -0.413. The van der Waals surface area contributed by atoms with Crippen LogP contribution in [0.1, 0.15) is 24.5 Å². The van der Waals surface area contributed by atoms with Crippen LogP contribution < -0.4 is 10.7 Å². The van der Waals surface area contributed by atoms with E-state index in [9.17, 15) is 23.2 Å². The van der Waals surface area contributed by atoms with E-state index in [1.807, 2.05) is 13.0 Å². The molecule has 1 aliphatic heterocycles. The molecule has 1 amide bonds. The first-order valence-electron chi connectivity index (χ1n) is 7.84. The van der Waals surface area contributed by atoms with Gasteiger partial charge in [0.05, 0.1) is 18.2 Å². The van der Waals surface area contributed by atoms with Crippen molar-refractivity contribution in [2.75, 3.05) is 19.6 Å².